The third kappa shape index (κ3) is 5.06. The molecule has 1 aromatic carbocycles. The lowest BCUT2D eigenvalue weighted by atomic mass is 9.88. The molecule has 1 aromatic rings. The highest BCUT2D eigenvalue weighted by molar-refractivity contribution is 5.85. The summed E-state index contributed by atoms with van der Waals surface area (Å²) in [6, 6.07) is 7.51. The average molecular weight is 287 g/mol. The highest BCUT2D eigenvalue weighted by Crippen LogP contribution is 2.23. The zero-order valence-corrected chi connectivity index (χ0v) is 12.0. The van der Waals surface area contributed by atoms with Crippen molar-refractivity contribution in [3.63, 3.8) is 0 Å². The fourth-order valence-electron chi connectivity index (χ4n) is 2.61. The second-order valence-electron chi connectivity index (χ2n) is 5.47. The Hall–Kier alpha value is -2.10. The first-order valence-corrected chi connectivity index (χ1v) is 7.43. The zero-order chi connectivity index (χ0) is 15.1. The maximum Gasteiger partial charge on any atom is 0.328 e. The molecule has 0 unspecified atom stereocenters. The number of benzene rings is 1. The molecule has 0 saturated heterocycles. The number of hydrogen-bond donors (Lipinski definition) is 2. The van der Waals surface area contributed by atoms with Crippen LogP contribution in [0.4, 0.5) is 0 Å². The maximum atomic E-state index is 12.0. The van der Waals surface area contributed by atoms with Gasteiger partial charge in [0.15, 0.2) is 0 Å². The van der Waals surface area contributed by atoms with Crippen LogP contribution in [0.1, 0.15) is 43.2 Å². The Morgan fingerprint density at radius 3 is 2.43 bits per heavy atom. The zero-order valence-electron chi connectivity index (χ0n) is 12.0. The molecule has 4 heteroatoms. The third-order valence-electron chi connectivity index (χ3n) is 3.84. The molecule has 0 radical (unpaired) electrons. The Balaban J connectivity index is 1.83. The van der Waals surface area contributed by atoms with E-state index in [-0.39, 0.29) is 11.8 Å². The molecule has 112 valence electrons. The predicted molar refractivity (Wildman–Crippen MR) is 81.5 cm³/mol. The largest absolute Gasteiger partial charge is 0.478 e. The van der Waals surface area contributed by atoms with E-state index in [2.05, 4.69) is 5.32 Å². The van der Waals surface area contributed by atoms with Gasteiger partial charge in [-0.05, 0) is 30.0 Å². The molecule has 1 aliphatic carbocycles. The summed E-state index contributed by atoms with van der Waals surface area (Å²) < 4.78 is 0. The van der Waals surface area contributed by atoms with Crippen molar-refractivity contribution in [1.29, 1.82) is 0 Å². The highest BCUT2D eigenvalue weighted by Gasteiger charge is 2.20. The van der Waals surface area contributed by atoms with Gasteiger partial charge in [-0.2, -0.15) is 0 Å². The second kappa shape index (κ2) is 7.62. The summed E-state index contributed by atoms with van der Waals surface area (Å²) in [7, 11) is 0. The van der Waals surface area contributed by atoms with E-state index in [4.69, 9.17) is 5.11 Å². The summed E-state index contributed by atoms with van der Waals surface area (Å²) in [5.41, 5.74) is 1.85. The Bertz CT molecular complexity index is 513. The van der Waals surface area contributed by atoms with Crippen molar-refractivity contribution in [3.05, 3.63) is 41.5 Å². The van der Waals surface area contributed by atoms with E-state index >= 15 is 0 Å². The number of carbonyl (C=O) groups is 2. The van der Waals surface area contributed by atoms with Crippen LogP contribution < -0.4 is 5.32 Å². The molecule has 0 aromatic heterocycles. The topological polar surface area (TPSA) is 66.4 Å². The van der Waals surface area contributed by atoms with Crippen molar-refractivity contribution in [2.24, 2.45) is 5.92 Å². The first-order chi connectivity index (χ1) is 10.1. The lowest BCUT2D eigenvalue weighted by Gasteiger charge is -2.20. The van der Waals surface area contributed by atoms with E-state index in [1.807, 2.05) is 24.3 Å². The van der Waals surface area contributed by atoms with Crippen LogP contribution in [0.5, 0.6) is 0 Å². The third-order valence-corrected chi connectivity index (χ3v) is 3.84. The number of amides is 1. The average Bonchev–Trinajstić information content (AvgIpc) is 2.52. The molecular weight excluding hydrogens is 266 g/mol. The monoisotopic (exact) mass is 287 g/mol. The van der Waals surface area contributed by atoms with Crippen molar-refractivity contribution >= 4 is 18.0 Å². The fraction of sp³-hybridized carbons (Fsp3) is 0.412. The number of carbonyl (C=O) groups excluding carboxylic acids is 1. The van der Waals surface area contributed by atoms with E-state index in [1.54, 1.807) is 6.08 Å². The fourth-order valence-corrected chi connectivity index (χ4v) is 2.61. The minimum atomic E-state index is -0.959. The smallest absolute Gasteiger partial charge is 0.328 e. The van der Waals surface area contributed by atoms with Crippen molar-refractivity contribution in [2.45, 2.75) is 38.6 Å². The van der Waals surface area contributed by atoms with Crippen LogP contribution in [0.25, 0.3) is 6.08 Å². The van der Waals surface area contributed by atoms with E-state index in [0.29, 0.717) is 6.54 Å². The van der Waals surface area contributed by atoms with E-state index < -0.39 is 5.97 Å². The van der Waals surface area contributed by atoms with Crippen molar-refractivity contribution < 1.29 is 14.7 Å². The van der Waals surface area contributed by atoms with Crippen molar-refractivity contribution in [2.75, 3.05) is 0 Å². The number of hydrogen-bond acceptors (Lipinski definition) is 2. The van der Waals surface area contributed by atoms with E-state index in [1.165, 1.54) is 6.42 Å². The molecule has 21 heavy (non-hydrogen) atoms. The Labute approximate surface area is 124 Å². The number of aliphatic carboxylic acids is 1. The minimum Gasteiger partial charge on any atom is -0.478 e. The molecule has 1 fully saturated rings. The number of rotatable bonds is 5. The van der Waals surface area contributed by atoms with E-state index in [0.717, 1.165) is 42.9 Å². The molecule has 4 nitrogen and oxygen atoms in total. The van der Waals surface area contributed by atoms with Gasteiger partial charge in [-0.25, -0.2) is 4.79 Å². The van der Waals surface area contributed by atoms with Gasteiger partial charge >= 0.3 is 5.97 Å². The number of carboxylic acids is 1. The molecule has 0 bridgehead atoms. The van der Waals surface area contributed by atoms with Crippen LogP contribution in [0.15, 0.2) is 30.3 Å². The Kier molecular flexibility index (Phi) is 5.55. The summed E-state index contributed by atoms with van der Waals surface area (Å²) in [5, 5.41) is 11.6. The quantitative estimate of drug-likeness (QED) is 0.818. The molecule has 0 atom stereocenters. The van der Waals surface area contributed by atoms with Gasteiger partial charge in [0.2, 0.25) is 5.91 Å². The number of nitrogens with one attached hydrogen (secondary N) is 1. The lowest BCUT2D eigenvalue weighted by molar-refractivity contribution is -0.131. The van der Waals surface area contributed by atoms with Crippen LogP contribution in [-0.2, 0) is 16.1 Å². The van der Waals surface area contributed by atoms with Crippen LogP contribution in [-0.4, -0.2) is 17.0 Å². The van der Waals surface area contributed by atoms with Gasteiger partial charge in [0.05, 0.1) is 0 Å². The SMILES string of the molecule is O=C(O)C=Cc1ccc(CNC(=O)C2CCCCC2)cc1. The molecule has 1 aliphatic rings. The lowest BCUT2D eigenvalue weighted by Crippen LogP contribution is -2.31. The molecular formula is C17H21NO3. The van der Waals surface area contributed by atoms with Gasteiger partial charge in [-0.15, -0.1) is 0 Å². The number of carboxylic acid groups (broad SMARTS) is 1. The standard InChI is InChI=1S/C17H21NO3/c19-16(20)11-10-13-6-8-14(9-7-13)12-18-17(21)15-4-2-1-3-5-15/h6-11,15H,1-5,12H2,(H,18,21)(H,19,20). The normalized spacial score (nSPS) is 16.0. The molecule has 2 N–H and O–H groups in total. The summed E-state index contributed by atoms with van der Waals surface area (Å²) in [4.78, 5) is 22.5. The van der Waals surface area contributed by atoms with Gasteiger partial charge in [0.25, 0.3) is 0 Å². The van der Waals surface area contributed by atoms with Crippen LogP contribution in [0, 0.1) is 5.92 Å². The van der Waals surface area contributed by atoms with Crippen molar-refractivity contribution in [3.8, 4) is 0 Å². The van der Waals surface area contributed by atoms with Gasteiger partial charge in [0, 0.05) is 18.5 Å². The van der Waals surface area contributed by atoms with E-state index in [9.17, 15) is 9.59 Å². The van der Waals surface area contributed by atoms with Gasteiger partial charge in [-0.1, -0.05) is 43.5 Å². The predicted octanol–water partition coefficient (Wildman–Crippen LogP) is 2.98. The van der Waals surface area contributed by atoms with Crippen molar-refractivity contribution in [1.82, 2.24) is 5.32 Å². The Morgan fingerprint density at radius 1 is 1.14 bits per heavy atom. The van der Waals surface area contributed by atoms with Gasteiger partial charge in [0.1, 0.15) is 0 Å². The van der Waals surface area contributed by atoms with Crippen LogP contribution in [0.2, 0.25) is 0 Å². The summed E-state index contributed by atoms with van der Waals surface area (Å²) in [5.74, 6) is -0.625. The first-order valence-electron chi connectivity index (χ1n) is 7.43. The molecule has 0 aliphatic heterocycles. The molecule has 1 amide bonds. The minimum absolute atomic E-state index is 0.157. The van der Waals surface area contributed by atoms with Crippen LogP contribution >= 0.6 is 0 Å². The molecule has 2 rings (SSSR count). The maximum absolute atomic E-state index is 12.0. The van der Waals surface area contributed by atoms with Gasteiger partial charge < -0.3 is 10.4 Å². The highest BCUT2D eigenvalue weighted by atomic mass is 16.4. The first kappa shape index (κ1) is 15.3. The molecule has 0 heterocycles. The summed E-state index contributed by atoms with van der Waals surface area (Å²) in [6.07, 6.45) is 8.22. The second-order valence-corrected chi connectivity index (χ2v) is 5.47. The van der Waals surface area contributed by atoms with Gasteiger partial charge in [-0.3, -0.25) is 4.79 Å². The van der Waals surface area contributed by atoms with Crippen LogP contribution in [0.3, 0.4) is 0 Å². The molecule has 1 saturated carbocycles. The molecule has 0 spiro atoms. The summed E-state index contributed by atoms with van der Waals surface area (Å²) in [6.45, 7) is 0.526. The Morgan fingerprint density at radius 2 is 1.81 bits per heavy atom. The summed E-state index contributed by atoms with van der Waals surface area (Å²) >= 11 is 0.